The number of hydrogen-bond donors (Lipinski definition) is 0. The first kappa shape index (κ1) is 13.4. The third-order valence-electron chi connectivity index (χ3n) is 6.51. The number of rotatable bonds is 1. The molecule has 0 spiro atoms. The molecule has 0 aromatic heterocycles. The van der Waals surface area contributed by atoms with Gasteiger partial charge in [-0.25, -0.2) is 0 Å². The molecule has 2 atom stereocenters. The Bertz CT molecular complexity index is 234. The average Bonchev–Trinajstić information content (AvgIpc) is 2.62. The standard InChI is InChI=1S/C17H32/c1-15-11-7-6-10-14-17(15,3)16(2)12-8-4-5-9-13-16/h15H,4-14H2,1-3H3. The molecule has 0 aromatic carbocycles. The predicted molar refractivity (Wildman–Crippen MR) is 76.2 cm³/mol. The maximum absolute atomic E-state index is 2.63. The molecule has 17 heavy (non-hydrogen) atoms. The Kier molecular flexibility index (Phi) is 4.21. The van der Waals surface area contributed by atoms with E-state index in [-0.39, 0.29) is 0 Å². The van der Waals surface area contributed by atoms with Gasteiger partial charge in [-0.2, -0.15) is 0 Å². The maximum Gasteiger partial charge on any atom is -0.0246 e. The molecule has 0 heterocycles. The monoisotopic (exact) mass is 236 g/mol. The molecule has 2 aliphatic rings. The van der Waals surface area contributed by atoms with Crippen LogP contribution in [0.3, 0.4) is 0 Å². The van der Waals surface area contributed by atoms with E-state index in [1.807, 2.05) is 0 Å². The Labute approximate surface area is 109 Å². The summed E-state index contributed by atoms with van der Waals surface area (Å²) in [5.74, 6) is 0.938. The first-order chi connectivity index (χ1) is 8.08. The van der Waals surface area contributed by atoms with Crippen molar-refractivity contribution in [2.24, 2.45) is 16.7 Å². The van der Waals surface area contributed by atoms with E-state index in [9.17, 15) is 0 Å². The molecular formula is C17H32. The van der Waals surface area contributed by atoms with E-state index in [4.69, 9.17) is 0 Å². The third kappa shape index (κ3) is 2.56. The van der Waals surface area contributed by atoms with Gasteiger partial charge in [0.2, 0.25) is 0 Å². The Morgan fingerprint density at radius 2 is 1.24 bits per heavy atom. The fraction of sp³-hybridized carbons (Fsp3) is 1.00. The van der Waals surface area contributed by atoms with E-state index in [1.54, 1.807) is 0 Å². The first-order valence-electron chi connectivity index (χ1n) is 8.08. The van der Waals surface area contributed by atoms with Crippen LogP contribution >= 0.6 is 0 Å². The van der Waals surface area contributed by atoms with Crippen LogP contribution in [0.4, 0.5) is 0 Å². The first-order valence-corrected chi connectivity index (χ1v) is 8.08. The van der Waals surface area contributed by atoms with Gasteiger partial charge in [0.15, 0.2) is 0 Å². The highest BCUT2D eigenvalue weighted by molar-refractivity contribution is 4.97. The summed E-state index contributed by atoms with van der Waals surface area (Å²) in [7, 11) is 0. The van der Waals surface area contributed by atoms with Crippen molar-refractivity contribution in [2.45, 2.75) is 91.4 Å². The second-order valence-electron chi connectivity index (χ2n) is 7.39. The molecule has 0 bridgehead atoms. The summed E-state index contributed by atoms with van der Waals surface area (Å²) >= 11 is 0. The minimum Gasteiger partial charge on any atom is -0.0620 e. The van der Waals surface area contributed by atoms with E-state index < -0.39 is 0 Å². The molecular weight excluding hydrogens is 204 g/mol. The second-order valence-corrected chi connectivity index (χ2v) is 7.39. The lowest BCUT2D eigenvalue weighted by molar-refractivity contribution is -0.00738. The summed E-state index contributed by atoms with van der Waals surface area (Å²) in [6.07, 6.45) is 16.3. The Balaban J connectivity index is 2.20. The zero-order valence-electron chi connectivity index (χ0n) is 12.4. The van der Waals surface area contributed by atoms with E-state index >= 15 is 0 Å². The van der Waals surface area contributed by atoms with E-state index in [0.29, 0.717) is 10.8 Å². The van der Waals surface area contributed by atoms with Gasteiger partial charge >= 0.3 is 0 Å². The average molecular weight is 236 g/mol. The minimum absolute atomic E-state index is 0.619. The molecule has 0 aliphatic heterocycles. The van der Waals surface area contributed by atoms with E-state index in [2.05, 4.69) is 20.8 Å². The highest BCUT2D eigenvalue weighted by Gasteiger charge is 2.47. The summed E-state index contributed by atoms with van der Waals surface area (Å²) in [5.41, 5.74) is 1.25. The molecule has 100 valence electrons. The molecule has 0 saturated heterocycles. The molecule has 0 aromatic rings. The highest BCUT2D eigenvalue weighted by Crippen LogP contribution is 2.57. The summed E-state index contributed by atoms with van der Waals surface area (Å²) in [6.45, 7) is 7.80. The molecule has 2 aliphatic carbocycles. The molecule has 2 fully saturated rings. The van der Waals surface area contributed by atoms with Crippen molar-refractivity contribution < 1.29 is 0 Å². The summed E-state index contributed by atoms with van der Waals surface area (Å²) in [5, 5.41) is 0. The van der Waals surface area contributed by atoms with Crippen molar-refractivity contribution in [3.8, 4) is 0 Å². The van der Waals surface area contributed by atoms with Gasteiger partial charge in [-0.1, -0.05) is 72.1 Å². The van der Waals surface area contributed by atoms with Gasteiger partial charge < -0.3 is 0 Å². The van der Waals surface area contributed by atoms with Crippen LogP contribution in [0, 0.1) is 16.7 Å². The lowest BCUT2D eigenvalue weighted by atomic mass is 9.55. The van der Waals surface area contributed by atoms with Gasteiger partial charge in [-0.05, 0) is 36.0 Å². The van der Waals surface area contributed by atoms with Crippen LogP contribution in [-0.2, 0) is 0 Å². The molecule has 0 heteroatoms. The fourth-order valence-corrected chi connectivity index (χ4v) is 4.66. The van der Waals surface area contributed by atoms with Crippen molar-refractivity contribution in [3.63, 3.8) is 0 Å². The van der Waals surface area contributed by atoms with Gasteiger partial charge in [0.1, 0.15) is 0 Å². The van der Waals surface area contributed by atoms with Gasteiger partial charge in [-0.3, -0.25) is 0 Å². The lowest BCUT2D eigenvalue weighted by Crippen LogP contribution is -2.41. The van der Waals surface area contributed by atoms with Crippen LogP contribution in [0.25, 0.3) is 0 Å². The zero-order valence-corrected chi connectivity index (χ0v) is 12.4. The Morgan fingerprint density at radius 1 is 0.706 bits per heavy atom. The molecule has 0 amide bonds. The van der Waals surface area contributed by atoms with Crippen LogP contribution < -0.4 is 0 Å². The van der Waals surface area contributed by atoms with Gasteiger partial charge in [-0.15, -0.1) is 0 Å². The van der Waals surface area contributed by atoms with Crippen molar-refractivity contribution in [2.75, 3.05) is 0 Å². The summed E-state index contributed by atoms with van der Waals surface area (Å²) in [6, 6.07) is 0. The highest BCUT2D eigenvalue weighted by atomic mass is 14.5. The summed E-state index contributed by atoms with van der Waals surface area (Å²) in [4.78, 5) is 0. The number of hydrogen-bond acceptors (Lipinski definition) is 0. The largest absolute Gasteiger partial charge is 0.0620 e. The van der Waals surface area contributed by atoms with Crippen molar-refractivity contribution in [1.82, 2.24) is 0 Å². The zero-order chi connectivity index (χ0) is 12.4. The predicted octanol–water partition coefficient (Wildman–Crippen LogP) is 5.95. The van der Waals surface area contributed by atoms with Gasteiger partial charge in [0.25, 0.3) is 0 Å². The van der Waals surface area contributed by atoms with Crippen molar-refractivity contribution in [1.29, 1.82) is 0 Å². The summed E-state index contributed by atoms with van der Waals surface area (Å²) < 4.78 is 0. The fourth-order valence-electron chi connectivity index (χ4n) is 4.66. The molecule has 2 unspecified atom stereocenters. The van der Waals surface area contributed by atoms with Crippen LogP contribution in [0.5, 0.6) is 0 Å². The second kappa shape index (κ2) is 5.33. The maximum atomic E-state index is 2.63. The third-order valence-corrected chi connectivity index (χ3v) is 6.51. The SMILES string of the molecule is CC1CCCCCC1(C)C1(C)CCCCCC1. The topological polar surface area (TPSA) is 0 Å². The van der Waals surface area contributed by atoms with Crippen LogP contribution in [0.2, 0.25) is 0 Å². The van der Waals surface area contributed by atoms with Crippen LogP contribution in [0.15, 0.2) is 0 Å². The van der Waals surface area contributed by atoms with Crippen LogP contribution in [-0.4, -0.2) is 0 Å². The van der Waals surface area contributed by atoms with E-state index in [1.165, 1.54) is 70.6 Å². The Morgan fingerprint density at radius 3 is 1.88 bits per heavy atom. The quantitative estimate of drug-likeness (QED) is 0.493. The smallest absolute Gasteiger partial charge is 0.0246 e. The van der Waals surface area contributed by atoms with Gasteiger partial charge in [0.05, 0.1) is 0 Å². The Hall–Kier alpha value is 0. The lowest BCUT2D eigenvalue weighted by Gasteiger charge is -2.50. The minimum atomic E-state index is 0.619. The normalized spacial score (nSPS) is 39.4. The molecule has 0 radical (unpaired) electrons. The molecule has 2 saturated carbocycles. The molecule has 0 N–H and O–H groups in total. The van der Waals surface area contributed by atoms with Crippen molar-refractivity contribution in [3.05, 3.63) is 0 Å². The van der Waals surface area contributed by atoms with Gasteiger partial charge in [0, 0.05) is 0 Å². The van der Waals surface area contributed by atoms with Crippen molar-refractivity contribution >= 4 is 0 Å². The van der Waals surface area contributed by atoms with E-state index in [0.717, 1.165) is 5.92 Å². The van der Waals surface area contributed by atoms with Crippen LogP contribution in [0.1, 0.15) is 91.4 Å². The molecule has 0 nitrogen and oxygen atoms in total. The molecule has 2 rings (SSSR count).